The summed E-state index contributed by atoms with van der Waals surface area (Å²) in [6.07, 6.45) is -1.13. The largest absolute Gasteiger partial charge is 0.461 e. The zero-order chi connectivity index (χ0) is 33.7. The number of carbonyl (C=O) groups is 4. The Labute approximate surface area is 259 Å². The second kappa shape index (κ2) is 16.7. The van der Waals surface area contributed by atoms with Crippen LogP contribution in [0.4, 0.5) is 16.2 Å². The number of hydrogen-bond donors (Lipinski definition) is 2. The molecule has 0 fully saturated rings. The SMILES string of the molecule is CC(C)C[C@H](NC(=O)OC(C)(C)C)C(=O)N[C@H](CCC(=O)OCc1ccc([N+](=O)[O-])cc1)C(=O)OCc1ccc([N+](=O)[O-])cc1. The highest BCUT2D eigenvalue weighted by molar-refractivity contribution is 5.90. The van der Waals surface area contributed by atoms with Crippen molar-refractivity contribution in [3.05, 3.63) is 79.9 Å². The fourth-order valence-electron chi connectivity index (χ4n) is 3.86. The van der Waals surface area contributed by atoms with E-state index in [2.05, 4.69) is 10.6 Å². The molecule has 2 aromatic rings. The fourth-order valence-corrected chi connectivity index (χ4v) is 3.86. The van der Waals surface area contributed by atoms with Crippen LogP contribution in [0.1, 0.15) is 65.0 Å². The Morgan fingerprint density at radius 2 is 1.27 bits per heavy atom. The average Bonchev–Trinajstić information content (AvgIpc) is 2.95. The van der Waals surface area contributed by atoms with E-state index in [0.717, 1.165) is 0 Å². The summed E-state index contributed by atoms with van der Waals surface area (Å²) in [6, 6.07) is 8.37. The maximum Gasteiger partial charge on any atom is 0.408 e. The first-order chi connectivity index (χ1) is 21.0. The third-order valence-corrected chi connectivity index (χ3v) is 6.03. The smallest absolute Gasteiger partial charge is 0.408 e. The lowest BCUT2D eigenvalue weighted by molar-refractivity contribution is -0.385. The first kappa shape index (κ1) is 36.1. The number of alkyl carbamates (subject to hydrolysis) is 1. The third kappa shape index (κ3) is 13.4. The number of esters is 2. The number of non-ortho nitro benzene ring substituents is 2. The van der Waals surface area contributed by atoms with Gasteiger partial charge in [0.25, 0.3) is 11.4 Å². The minimum Gasteiger partial charge on any atom is -0.461 e. The molecule has 2 rings (SSSR count). The fraction of sp³-hybridized carbons (Fsp3) is 0.467. The van der Waals surface area contributed by atoms with E-state index in [1.807, 2.05) is 13.8 Å². The Morgan fingerprint density at radius 1 is 0.778 bits per heavy atom. The summed E-state index contributed by atoms with van der Waals surface area (Å²) < 4.78 is 15.8. The zero-order valence-electron chi connectivity index (χ0n) is 25.8. The quantitative estimate of drug-likeness (QED) is 0.121. The van der Waals surface area contributed by atoms with Gasteiger partial charge in [0.2, 0.25) is 5.91 Å². The molecule has 45 heavy (non-hydrogen) atoms. The van der Waals surface area contributed by atoms with Crippen molar-refractivity contribution in [1.29, 1.82) is 0 Å². The Kier molecular flexibility index (Phi) is 13.4. The van der Waals surface area contributed by atoms with E-state index in [4.69, 9.17) is 14.2 Å². The highest BCUT2D eigenvalue weighted by Crippen LogP contribution is 2.16. The molecule has 0 saturated heterocycles. The monoisotopic (exact) mass is 630 g/mol. The highest BCUT2D eigenvalue weighted by atomic mass is 16.6. The summed E-state index contributed by atoms with van der Waals surface area (Å²) in [5.41, 5.74) is -0.122. The molecule has 0 aromatic heterocycles. The number of hydrogen-bond acceptors (Lipinski definition) is 11. The van der Waals surface area contributed by atoms with Crippen molar-refractivity contribution < 1.29 is 43.2 Å². The van der Waals surface area contributed by atoms with Gasteiger partial charge in [-0.15, -0.1) is 0 Å². The van der Waals surface area contributed by atoms with Crippen molar-refractivity contribution >= 4 is 35.3 Å². The van der Waals surface area contributed by atoms with E-state index in [9.17, 15) is 39.4 Å². The topological polar surface area (TPSA) is 206 Å². The molecular weight excluding hydrogens is 592 g/mol. The lowest BCUT2D eigenvalue weighted by Crippen LogP contribution is -2.53. The summed E-state index contributed by atoms with van der Waals surface area (Å²) in [7, 11) is 0. The van der Waals surface area contributed by atoms with Crippen molar-refractivity contribution in [1.82, 2.24) is 10.6 Å². The van der Waals surface area contributed by atoms with Gasteiger partial charge in [-0.3, -0.25) is 29.8 Å². The minimum atomic E-state index is -1.32. The van der Waals surface area contributed by atoms with Gasteiger partial charge in [-0.2, -0.15) is 0 Å². The van der Waals surface area contributed by atoms with Gasteiger partial charge in [0.15, 0.2) is 0 Å². The Hall–Kier alpha value is -5.08. The van der Waals surface area contributed by atoms with Crippen LogP contribution in [0.25, 0.3) is 0 Å². The minimum absolute atomic E-state index is 0.0300. The van der Waals surface area contributed by atoms with Crippen LogP contribution in [-0.2, 0) is 41.8 Å². The molecule has 0 aliphatic rings. The molecule has 0 aliphatic heterocycles. The molecule has 2 N–H and O–H groups in total. The summed E-state index contributed by atoms with van der Waals surface area (Å²) in [5, 5.41) is 26.8. The van der Waals surface area contributed by atoms with E-state index < -0.39 is 51.5 Å². The van der Waals surface area contributed by atoms with Gasteiger partial charge in [0.1, 0.15) is 30.9 Å². The number of amides is 2. The molecule has 2 aromatic carbocycles. The van der Waals surface area contributed by atoms with E-state index >= 15 is 0 Å². The molecule has 244 valence electrons. The predicted molar refractivity (Wildman–Crippen MR) is 160 cm³/mol. The molecule has 0 unspecified atom stereocenters. The van der Waals surface area contributed by atoms with Crippen molar-refractivity contribution in [2.45, 2.75) is 84.8 Å². The predicted octanol–water partition coefficient (Wildman–Crippen LogP) is 4.49. The van der Waals surface area contributed by atoms with Gasteiger partial charge in [-0.1, -0.05) is 13.8 Å². The molecule has 2 amide bonds. The Balaban J connectivity index is 2.12. The molecule has 0 saturated carbocycles. The lowest BCUT2D eigenvalue weighted by Gasteiger charge is -2.25. The molecular formula is C30H38N4O11. The first-order valence-electron chi connectivity index (χ1n) is 14.1. The Bertz CT molecular complexity index is 1350. The number of nitrogens with zero attached hydrogens (tertiary/aromatic N) is 2. The van der Waals surface area contributed by atoms with Crippen molar-refractivity contribution in [2.75, 3.05) is 0 Å². The zero-order valence-corrected chi connectivity index (χ0v) is 25.8. The van der Waals surface area contributed by atoms with Crippen LogP contribution in [0.5, 0.6) is 0 Å². The second-order valence-corrected chi connectivity index (χ2v) is 11.5. The Morgan fingerprint density at radius 3 is 1.71 bits per heavy atom. The summed E-state index contributed by atoms with van der Waals surface area (Å²) in [4.78, 5) is 71.9. The van der Waals surface area contributed by atoms with Gasteiger partial charge in [0, 0.05) is 30.7 Å². The lowest BCUT2D eigenvalue weighted by atomic mass is 10.0. The van der Waals surface area contributed by atoms with Crippen LogP contribution >= 0.6 is 0 Å². The van der Waals surface area contributed by atoms with Crippen LogP contribution in [0.15, 0.2) is 48.5 Å². The van der Waals surface area contributed by atoms with Crippen LogP contribution in [0.2, 0.25) is 0 Å². The van der Waals surface area contributed by atoms with Crippen LogP contribution in [0, 0.1) is 26.1 Å². The maximum atomic E-state index is 13.3. The van der Waals surface area contributed by atoms with E-state index in [1.165, 1.54) is 48.5 Å². The standard InChI is InChI=1S/C30H38N4O11/c1-19(2)16-25(32-29(38)45-30(3,4)5)27(36)31-24(28(37)44-18-21-8-12-23(13-9-21)34(41)42)14-15-26(35)43-17-20-6-10-22(11-7-20)33(39)40/h6-13,19,24-25H,14-18H2,1-5H3,(H,31,36)(H,32,38)/t24-,25+/m1/s1. The van der Waals surface area contributed by atoms with Gasteiger partial charge < -0.3 is 24.8 Å². The molecule has 0 heterocycles. The van der Waals surface area contributed by atoms with Crippen molar-refractivity contribution in [2.24, 2.45) is 5.92 Å². The van der Waals surface area contributed by atoms with Gasteiger partial charge >= 0.3 is 18.0 Å². The summed E-state index contributed by atoms with van der Waals surface area (Å²) in [6.45, 7) is 8.25. The molecule has 15 nitrogen and oxygen atoms in total. The highest BCUT2D eigenvalue weighted by Gasteiger charge is 2.30. The molecule has 0 spiro atoms. The van der Waals surface area contributed by atoms with Gasteiger partial charge in [-0.05, 0) is 74.9 Å². The van der Waals surface area contributed by atoms with Crippen molar-refractivity contribution in [3.8, 4) is 0 Å². The summed E-state index contributed by atoms with van der Waals surface area (Å²) >= 11 is 0. The van der Waals surface area contributed by atoms with Crippen molar-refractivity contribution in [3.63, 3.8) is 0 Å². The molecule has 15 heteroatoms. The number of nitrogens with one attached hydrogen (secondary N) is 2. The van der Waals surface area contributed by atoms with E-state index in [0.29, 0.717) is 11.1 Å². The number of carbonyl (C=O) groups excluding carboxylic acids is 4. The van der Waals surface area contributed by atoms with Crippen LogP contribution in [0.3, 0.4) is 0 Å². The molecule has 0 aliphatic carbocycles. The maximum absolute atomic E-state index is 13.3. The normalized spacial score (nSPS) is 12.4. The van der Waals surface area contributed by atoms with Crippen LogP contribution in [-0.4, -0.2) is 51.5 Å². The number of ether oxygens (including phenoxy) is 3. The molecule has 2 atom stereocenters. The second-order valence-electron chi connectivity index (χ2n) is 11.5. The van der Waals surface area contributed by atoms with Gasteiger partial charge in [-0.25, -0.2) is 9.59 Å². The summed E-state index contributed by atoms with van der Waals surface area (Å²) in [5.74, 6) is -2.32. The number of nitro benzene ring substituents is 2. The van der Waals surface area contributed by atoms with Crippen LogP contribution < -0.4 is 10.6 Å². The average molecular weight is 631 g/mol. The first-order valence-corrected chi connectivity index (χ1v) is 14.1. The van der Waals surface area contributed by atoms with E-state index in [1.54, 1.807) is 20.8 Å². The third-order valence-electron chi connectivity index (χ3n) is 6.03. The molecule has 0 bridgehead atoms. The number of rotatable bonds is 15. The number of nitro groups is 2. The van der Waals surface area contributed by atoms with Gasteiger partial charge in [0.05, 0.1) is 9.85 Å². The van der Waals surface area contributed by atoms with E-state index in [-0.39, 0.29) is 49.8 Å². The number of benzene rings is 2. The molecule has 0 radical (unpaired) electrons.